The predicted octanol–water partition coefficient (Wildman–Crippen LogP) is 3.85. The van der Waals surface area contributed by atoms with Crippen LogP contribution in [0.25, 0.3) is 0 Å². The Morgan fingerprint density at radius 3 is 2.74 bits per heavy atom. The molecule has 1 fully saturated rings. The molecule has 0 amide bonds. The van der Waals surface area contributed by atoms with Crippen LogP contribution in [0.2, 0.25) is 0 Å². The van der Waals surface area contributed by atoms with Gasteiger partial charge < -0.3 is 10.1 Å². The minimum Gasteiger partial charge on any atom is -0.492 e. The van der Waals surface area contributed by atoms with Crippen LogP contribution in [0.4, 0.5) is 13.2 Å². The first-order chi connectivity index (χ1) is 8.97. The van der Waals surface area contributed by atoms with Crippen molar-refractivity contribution in [3.05, 3.63) is 28.2 Å². The Morgan fingerprint density at radius 2 is 2.16 bits per heavy atom. The van der Waals surface area contributed by atoms with Crippen LogP contribution in [0, 0.1) is 5.92 Å². The molecule has 0 spiro atoms. The van der Waals surface area contributed by atoms with Gasteiger partial charge in [-0.05, 0) is 66.0 Å². The molecular weight excluding hydrogens is 323 g/mol. The van der Waals surface area contributed by atoms with Gasteiger partial charge in [-0.25, -0.2) is 0 Å². The van der Waals surface area contributed by atoms with Gasteiger partial charge in [0, 0.05) is 0 Å². The summed E-state index contributed by atoms with van der Waals surface area (Å²) in [5.74, 6) is 1.06. The SMILES string of the molecule is FC(F)(F)c1ccc(OCCC2CCNC2)c(Br)c1. The first kappa shape index (κ1) is 14.7. The second-order valence-corrected chi connectivity index (χ2v) is 5.49. The van der Waals surface area contributed by atoms with Crippen molar-refractivity contribution in [2.24, 2.45) is 5.92 Å². The van der Waals surface area contributed by atoms with Gasteiger partial charge in [-0.1, -0.05) is 0 Å². The smallest absolute Gasteiger partial charge is 0.416 e. The molecule has 106 valence electrons. The molecule has 2 rings (SSSR count). The van der Waals surface area contributed by atoms with Crippen LogP contribution < -0.4 is 10.1 Å². The van der Waals surface area contributed by atoms with Crippen molar-refractivity contribution in [2.75, 3.05) is 19.7 Å². The lowest BCUT2D eigenvalue weighted by molar-refractivity contribution is -0.137. The maximum Gasteiger partial charge on any atom is 0.416 e. The van der Waals surface area contributed by atoms with Crippen molar-refractivity contribution < 1.29 is 17.9 Å². The lowest BCUT2D eigenvalue weighted by atomic mass is 10.1. The molecule has 1 aliphatic rings. The summed E-state index contributed by atoms with van der Waals surface area (Å²) >= 11 is 3.12. The summed E-state index contributed by atoms with van der Waals surface area (Å²) in [6.07, 6.45) is -2.27. The number of alkyl halides is 3. The van der Waals surface area contributed by atoms with Gasteiger partial charge in [0.15, 0.2) is 0 Å². The highest BCUT2D eigenvalue weighted by molar-refractivity contribution is 9.10. The third-order valence-electron chi connectivity index (χ3n) is 3.21. The first-order valence-corrected chi connectivity index (χ1v) is 6.96. The highest BCUT2D eigenvalue weighted by atomic mass is 79.9. The van der Waals surface area contributed by atoms with Crippen LogP contribution in [0.1, 0.15) is 18.4 Å². The minimum absolute atomic E-state index is 0.340. The van der Waals surface area contributed by atoms with Crippen LogP contribution in [-0.2, 0) is 6.18 Å². The zero-order valence-electron chi connectivity index (χ0n) is 10.3. The number of rotatable bonds is 4. The van der Waals surface area contributed by atoms with Gasteiger partial charge in [0.1, 0.15) is 5.75 Å². The molecule has 0 aliphatic carbocycles. The van der Waals surface area contributed by atoms with Crippen molar-refractivity contribution >= 4 is 15.9 Å². The summed E-state index contributed by atoms with van der Waals surface area (Å²) in [5, 5.41) is 3.27. The molecule has 0 radical (unpaired) electrons. The molecule has 1 N–H and O–H groups in total. The normalized spacial score (nSPS) is 19.7. The Hall–Kier alpha value is -0.750. The van der Waals surface area contributed by atoms with E-state index in [-0.39, 0.29) is 0 Å². The molecule has 6 heteroatoms. The zero-order valence-corrected chi connectivity index (χ0v) is 11.9. The van der Waals surface area contributed by atoms with Gasteiger partial charge >= 0.3 is 6.18 Å². The summed E-state index contributed by atoms with van der Waals surface area (Å²) in [6.45, 7) is 2.56. The van der Waals surface area contributed by atoms with Gasteiger partial charge in [0.25, 0.3) is 0 Å². The van der Waals surface area contributed by atoms with E-state index in [9.17, 15) is 13.2 Å². The Bertz CT molecular complexity index is 430. The van der Waals surface area contributed by atoms with Gasteiger partial charge in [-0.3, -0.25) is 0 Å². The standard InChI is InChI=1S/C13H15BrF3NO/c14-11-7-10(13(15,16)17)1-2-12(11)19-6-4-9-3-5-18-8-9/h1-2,7,9,18H,3-6,8H2. The van der Waals surface area contributed by atoms with Crippen LogP contribution in [0.5, 0.6) is 5.75 Å². The predicted molar refractivity (Wildman–Crippen MR) is 70.2 cm³/mol. The molecule has 2 nitrogen and oxygen atoms in total. The number of nitrogens with one attached hydrogen (secondary N) is 1. The maximum absolute atomic E-state index is 12.5. The number of benzene rings is 1. The Morgan fingerprint density at radius 1 is 1.37 bits per heavy atom. The summed E-state index contributed by atoms with van der Waals surface area (Å²) in [5.41, 5.74) is -0.674. The van der Waals surface area contributed by atoms with Gasteiger partial charge in [0.05, 0.1) is 16.6 Å². The van der Waals surface area contributed by atoms with Gasteiger partial charge in [0.2, 0.25) is 0 Å². The average Bonchev–Trinajstić information content (AvgIpc) is 2.83. The molecule has 0 saturated carbocycles. The molecule has 0 aromatic heterocycles. The molecule has 1 unspecified atom stereocenters. The van der Waals surface area contributed by atoms with Gasteiger partial charge in [-0.15, -0.1) is 0 Å². The Kier molecular flexibility index (Phi) is 4.73. The van der Waals surface area contributed by atoms with Crippen LogP contribution in [-0.4, -0.2) is 19.7 Å². The van der Waals surface area contributed by atoms with Crippen LogP contribution in [0.3, 0.4) is 0 Å². The first-order valence-electron chi connectivity index (χ1n) is 6.17. The summed E-state index contributed by atoms with van der Waals surface area (Å²) in [7, 11) is 0. The van der Waals surface area contributed by atoms with Crippen molar-refractivity contribution in [2.45, 2.75) is 19.0 Å². The second-order valence-electron chi connectivity index (χ2n) is 4.64. The monoisotopic (exact) mass is 337 g/mol. The highest BCUT2D eigenvalue weighted by Gasteiger charge is 2.30. The number of hydrogen-bond donors (Lipinski definition) is 1. The fourth-order valence-electron chi connectivity index (χ4n) is 2.09. The third kappa shape index (κ3) is 4.11. The van der Waals surface area contributed by atoms with E-state index in [0.29, 0.717) is 22.7 Å². The fourth-order valence-corrected chi connectivity index (χ4v) is 2.58. The van der Waals surface area contributed by atoms with E-state index in [1.165, 1.54) is 6.07 Å². The lowest BCUT2D eigenvalue weighted by Gasteiger charge is -2.13. The number of ether oxygens (including phenoxy) is 1. The molecule has 1 aromatic rings. The molecular formula is C13H15BrF3NO. The van der Waals surface area contributed by atoms with Crippen LogP contribution >= 0.6 is 15.9 Å². The molecule has 1 heterocycles. The third-order valence-corrected chi connectivity index (χ3v) is 3.82. The molecule has 1 aromatic carbocycles. The zero-order chi connectivity index (χ0) is 13.9. The summed E-state index contributed by atoms with van der Waals surface area (Å²) < 4.78 is 43.3. The van der Waals surface area contributed by atoms with E-state index in [1.807, 2.05) is 0 Å². The van der Waals surface area contributed by atoms with E-state index in [2.05, 4.69) is 21.2 Å². The molecule has 1 atom stereocenters. The Balaban J connectivity index is 1.90. The van der Waals surface area contributed by atoms with Crippen molar-refractivity contribution in [1.82, 2.24) is 5.32 Å². The van der Waals surface area contributed by atoms with E-state index < -0.39 is 11.7 Å². The van der Waals surface area contributed by atoms with E-state index in [4.69, 9.17) is 4.74 Å². The maximum atomic E-state index is 12.5. The average molecular weight is 338 g/mol. The molecule has 1 saturated heterocycles. The highest BCUT2D eigenvalue weighted by Crippen LogP contribution is 2.35. The second kappa shape index (κ2) is 6.13. The Labute approximate surface area is 118 Å². The largest absolute Gasteiger partial charge is 0.492 e. The summed E-state index contributed by atoms with van der Waals surface area (Å²) in [4.78, 5) is 0. The molecule has 0 bridgehead atoms. The summed E-state index contributed by atoms with van der Waals surface area (Å²) in [6, 6.07) is 3.45. The molecule has 19 heavy (non-hydrogen) atoms. The minimum atomic E-state index is -4.32. The van der Waals surface area contributed by atoms with E-state index in [0.717, 1.165) is 38.1 Å². The lowest BCUT2D eigenvalue weighted by Crippen LogP contribution is -2.12. The van der Waals surface area contributed by atoms with Gasteiger partial charge in [-0.2, -0.15) is 13.2 Å². The topological polar surface area (TPSA) is 21.3 Å². The van der Waals surface area contributed by atoms with Crippen molar-refractivity contribution in [1.29, 1.82) is 0 Å². The van der Waals surface area contributed by atoms with Crippen molar-refractivity contribution in [3.8, 4) is 5.75 Å². The number of hydrogen-bond acceptors (Lipinski definition) is 2. The van der Waals surface area contributed by atoms with Crippen LogP contribution in [0.15, 0.2) is 22.7 Å². The van der Waals surface area contributed by atoms with E-state index in [1.54, 1.807) is 0 Å². The fraction of sp³-hybridized carbons (Fsp3) is 0.538. The molecule has 1 aliphatic heterocycles. The quantitative estimate of drug-likeness (QED) is 0.901. The van der Waals surface area contributed by atoms with Crippen molar-refractivity contribution in [3.63, 3.8) is 0 Å². The van der Waals surface area contributed by atoms with E-state index >= 15 is 0 Å². The number of halogens is 4.